The van der Waals surface area contributed by atoms with Gasteiger partial charge in [-0.15, -0.1) is 0 Å². The molecule has 1 rings (SSSR count). The van der Waals surface area contributed by atoms with Crippen molar-refractivity contribution in [2.45, 2.75) is 12.8 Å². The van der Waals surface area contributed by atoms with Crippen molar-refractivity contribution in [3.05, 3.63) is 21.6 Å². The largest absolute Gasteiger partial charge is 0.396 e. The Balaban J connectivity index is 2.51. The molecule has 0 aromatic carbocycles. The molecule has 0 bridgehead atoms. The van der Waals surface area contributed by atoms with Crippen LogP contribution in [0.2, 0.25) is 5.02 Å². The standard InChI is InChI=1S/C8H12ClN3O2/c9-7-6(5-11-12-8(7)14)10-3-1-2-4-13/h5,13H,1-4H2,(H2,10,12,14). The minimum Gasteiger partial charge on any atom is -0.396 e. The first-order valence-electron chi connectivity index (χ1n) is 4.33. The first kappa shape index (κ1) is 11.0. The molecule has 78 valence electrons. The van der Waals surface area contributed by atoms with E-state index in [-0.39, 0.29) is 11.6 Å². The second-order valence-electron chi connectivity index (χ2n) is 2.78. The van der Waals surface area contributed by atoms with Crippen LogP contribution in [0.15, 0.2) is 11.0 Å². The Hall–Kier alpha value is -1.07. The Morgan fingerprint density at radius 1 is 1.57 bits per heavy atom. The van der Waals surface area contributed by atoms with Crippen molar-refractivity contribution in [1.82, 2.24) is 10.2 Å². The highest BCUT2D eigenvalue weighted by Gasteiger charge is 2.02. The third kappa shape index (κ3) is 3.01. The van der Waals surface area contributed by atoms with Gasteiger partial charge in [0.15, 0.2) is 0 Å². The summed E-state index contributed by atoms with van der Waals surface area (Å²) >= 11 is 5.71. The summed E-state index contributed by atoms with van der Waals surface area (Å²) in [5.41, 5.74) is 0.118. The summed E-state index contributed by atoms with van der Waals surface area (Å²) in [6.07, 6.45) is 3.00. The number of nitrogens with one attached hydrogen (secondary N) is 2. The minimum atomic E-state index is -0.404. The Morgan fingerprint density at radius 2 is 2.36 bits per heavy atom. The number of nitrogens with zero attached hydrogens (tertiary/aromatic N) is 1. The van der Waals surface area contributed by atoms with Crippen LogP contribution in [0.3, 0.4) is 0 Å². The Labute approximate surface area is 86.1 Å². The summed E-state index contributed by atoms with van der Waals surface area (Å²) in [5, 5.41) is 17.5. The van der Waals surface area contributed by atoms with E-state index in [2.05, 4.69) is 15.5 Å². The smallest absolute Gasteiger partial charge is 0.285 e. The van der Waals surface area contributed by atoms with Crippen molar-refractivity contribution in [2.75, 3.05) is 18.5 Å². The summed E-state index contributed by atoms with van der Waals surface area (Å²) in [6, 6.07) is 0. The molecule has 6 heteroatoms. The number of unbranched alkanes of at least 4 members (excludes halogenated alkanes) is 1. The third-order valence-electron chi connectivity index (χ3n) is 1.70. The van der Waals surface area contributed by atoms with Crippen molar-refractivity contribution < 1.29 is 5.11 Å². The molecule has 14 heavy (non-hydrogen) atoms. The molecule has 0 aliphatic rings. The highest BCUT2D eigenvalue weighted by Crippen LogP contribution is 2.13. The predicted molar refractivity (Wildman–Crippen MR) is 54.7 cm³/mol. The Morgan fingerprint density at radius 3 is 3.07 bits per heavy atom. The molecule has 0 radical (unpaired) electrons. The lowest BCUT2D eigenvalue weighted by Gasteiger charge is -2.05. The number of anilines is 1. The maximum Gasteiger partial charge on any atom is 0.285 e. The van der Waals surface area contributed by atoms with Crippen LogP contribution in [0.1, 0.15) is 12.8 Å². The molecule has 5 nitrogen and oxygen atoms in total. The van der Waals surface area contributed by atoms with Gasteiger partial charge in [0.2, 0.25) is 0 Å². The number of aromatic nitrogens is 2. The van der Waals surface area contributed by atoms with Gasteiger partial charge in [0.05, 0.1) is 11.9 Å². The van der Waals surface area contributed by atoms with E-state index in [0.717, 1.165) is 12.8 Å². The van der Waals surface area contributed by atoms with Gasteiger partial charge in [-0.2, -0.15) is 5.10 Å². The zero-order valence-electron chi connectivity index (χ0n) is 7.59. The molecule has 0 saturated heterocycles. The van der Waals surface area contributed by atoms with Crippen LogP contribution in [-0.2, 0) is 0 Å². The summed E-state index contributed by atoms with van der Waals surface area (Å²) in [6.45, 7) is 0.828. The van der Waals surface area contributed by atoms with Gasteiger partial charge in [0.25, 0.3) is 5.56 Å². The van der Waals surface area contributed by atoms with E-state index in [0.29, 0.717) is 12.2 Å². The lowest BCUT2D eigenvalue weighted by atomic mass is 10.3. The summed E-state index contributed by atoms with van der Waals surface area (Å²) in [7, 11) is 0. The van der Waals surface area contributed by atoms with Crippen LogP contribution in [0.4, 0.5) is 5.69 Å². The molecule has 1 heterocycles. The second kappa shape index (κ2) is 5.62. The van der Waals surface area contributed by atoms with Crippen molar-refractivity contribution >= 4 is 17.3 Å². The highest BCUT2D eigenvalue weighted by atomic mass is 35.5. The van der Waals surface area contributed by atoms with E-state index >= 15 is 0 Å². The predicted octanol–water partition coefficient (Wildman–Crippen LogP) is 0.608. The van der Waals surface area contributed by atoms with E-state index in [9.17, 15) is 4.79 Å². The molecule has 0 aliphatic carbocycles. The zero-order chi connectivity index (χ0) is 10.4. The van der Waals surface area contributed by atoms with Crippen LogP contribution >= 0.6 is 11.6 Å². The molecule has 1 aromatic heterocycles. The van der Waals surface area contributed by atoms with Gasteiger partial charge < -0.3 is 10.4 Å². The maximum absolute atomic E-state index is 11.0. The van der Waals surface area contributed by atoms with Crippen LogP contribution in [0.25, 0.3) is 0 Å². The van der Waals surface area contributed by atoms with E-state index in [1.54, 1.807) is 0 Å². The monoisotopic (exact) mass is 217 g/mol. The van der Waals surface area contributed by atoms with Crippen LogP contribution < -0.4 is 10.9 Å². The van der Waals surface area contributed by atoms with Crippen molar-refractivity contribution in [1.29, 1.82) is 0 Å². The SMILES string of the molecule is O=c1[nH]ncc(NCCCCO)c1Cl. The second-order valence-corrected chi connectivity index (χ2v) is 3.16. The lowest BCUT2D eigenvalue weighted by Crippen LogP contribution is -2.12. The van der Waals surface area contributed by atoms with Gasteiger partial charge >= 0.3 is 0 Å². The van der Waals surface area contributed by atoms with Crippen LogP contribution in [-0.4, -0.2) is 28.5 Å². The van der Waals surface area contributed by atoms with Gasteiger partial charge in [-0.1, -0.05) is 11.6 Å². The van der Waals surface area contributed by atoms with Crippen LogP contribution in [0, 0.1) is 0 Å². The molecular weight excluding hydrogens is 206 g/mol. The quantitative estimate of drug-likeness (QED) is 0.632. The molecule has 1 aromatic rings. The number of aliphatic hydroxyl groups is 1. The van der Waals surface area contributed by atoms with Gasteiger partial charge in [0.1, 0.15) is 5.02 Å². The average molecular weight is 218 g/mol. The fraction of sp³-hybridized carbons (Fsp3) is 0.500. The minimum absolute atomic E-state index is 0.115. The number of hydrogen-bond donors (Lipinski definition) is 3. The molecule has 0 fully saturated rings. The summed E-state index contributed by atoms with van der Waals surface area (Å²) in [5.74, 6) is 0. The molecule has 0 amide bonds. The number of H-pyrrole nitrogens is 1. The highest BCUT2D eigenvalue weighted by molar-refractivity contribution is 6.32. The number of halogens is 1. The Kier molecular flexibility index (Phi) is 4.42. The molecular formula is C8H12ClN3O2. The maximum atomic E-state index is 11.0. The van der Waals surface area contributed by atoms with E-state index in [1.165, 1.54) is 6.20 Å². The topological polar surface area (TPSA) is 78.0 Å². The van der Waals surface area contributed by atoms with Crippen molar-refractivity contribution in [2.24, 2.45) is 0 Å². The molecule has 0 unspecified atom stereocenters. The molecule has 0 saturated carbocycles. The van der Waals surface area contributed by atoms with Crippen molar-refractivity contribution in [3.63, 3.8) is 0 Å². The third-order valence-corrected chi connectivity index (χ3v) is 2.07. The van der Waals surface area contributed by atoms with Gasteiger partial charge in [0, 0.05) is 13.2 Å². The summed E-state index contributed by atoms with van der Waals surface area (Å²) < 4.78 is 0. The average Bonchev–Trinajstić information content (AvgIpc) is 2.19. The van der Waals surface area contributed by atoms with Gasteiger partial charge in [-0.25, -0.2) is 5.10 Å². The molecule has 0 atom stereocenters. The van der Waals surface area contributed by atoms with Crippen molar-refractivity contribution in [3.8, 4) is 0 Å². The van der Waals surface area contributed by atoms with E-state index < -0.39 is 5.56 Å². The molecule has 0 aliphatic heterocycles. The number of hydrogen-bond acceptors (Lipinski definition) is 4. The fourth-order valence-corrected chi connectivity index (χ4v) is 1.12. The lowest BCUT2D eigenvalue weighted by molar-refractivity contribution is 0.286. The number of aliphatic hydroxyl groups excluding tert-OH is 1. The fourth-order valence-electron chi connectivity index (χ4n) is 0.967. The van der Waals surface area contributed by atoms with E-state index in [1.807, 2.05) is 0 Å². The number of rotatable bonds is 5. The molecule has 3 N–H and O–H groups in total. The van der Waals surface area contributed by atoms with E-state index in [4.69, 9.17) is 16.7 Å². The normalized spacial score (nSPS) is 10.1. The first-order valence-corrected chi connectivity index (χ1v) is 4.71. The van der Waals surface area contributed by atoms with Crippen LogP contribution in [0.5, 0.6) is 0 Å². The zero-order valence-corrected chi connectivity index (χ0v) is 8.34. The first-order chi connectivity index (χ1) is 6.75. The Bertz CT molecular complexity index is 340. The molecule has 0 spiro atoms. The van der Waals surface area contributed by atoms with Gasteiger partial charge in [-0.3, -0.25) is 4.79 Å². The number of aromatic amines is 1. The summed E-state index contributed by atoms with van der Waals surface area (Å²) in [4.78, 5) is 11.0. The van der Waals surface area contributed by atoms with Gasteiger partial charge in [-0.05, 0) is 12.8 Å².